The van der Waals surface area contributed by atoms with Crippen molar-refractivity contribution in [2.45, 2.75) is 6.04 Å². The first-order chi connectivity index (χ1) is 10.8. The van der Waals surface area contributed by atoms with E-state index >= 15 is 0 Å². The summed E-state index contributed by atoms with van der Waals surface area (Å²) in [7, 11) is 0. The molecule has 3 heterocycles. The number of nitrogens with zero attached hydrogens (tertiary/aromatic N) is 3. The van der Waals surface area contributed by atoms with E-state index in [1.165, 1.54) is 18.6 Å². The maximum atomic E-state index is 12.1. The van der Waals surface area contributed by atoms with Gasteiger partial charge in [-0.1, -0.05) is 0 Å². The molecule has 0 radical (unpaired) electrons. The standard InChI is InChI=1S/C15H18N4O3/c20-15(12-10-16-3-4-17-12)18-11-13(14-2-1-7-22-14)19-5-8-21-9-6-19/h1-4,7,10,13H,5-6,8-9,11H2,(H,18,20). The summed E-state index contributed by atoms with van der Waals surface area (Å²) in [4.78, 5) is 22.3. The summed E-state index contributed by atoms with van der Waals surface area (Å²) in [6.07, 6.45) is 6.14. The van der Waals surface area contributed by atoms with Crippen LogP contribution in [0.1, 0.15) is 22.3 Å². The largest absolute Gasteiger partial charge is 0.468 e. The lowest BCUT2D eigenvalue weighted by atomic mass is 10.1. The van der Waals surface area contributed by atoms with E-state index in [0.717, 1.165) is 18.8 Å². The zero-order valence-electron chi connectivity index (χ0n) is 12.1. The molecule has 1 atom stereocenters. The van der Waals surface area contributed by atoms with Crippen molar-refractivity contribution in [1.29, 1.82) is 0 Å². The first kappa shape index (κ1) is 14.7. The Morgan fingerprint density at radius 2 is 2.23 bits per heavy atom. The molecule has 22 heavy (non-hydrogen) atoms. The molecule has 0 spiro atoms. The van der Waals surface area contributed by atoms with Crippen molar-refractivity contribution in [3.63, 3.8) is 0 Å². The van der Waals surface area contributed by atoms with Crippen LogP contribution in [0.25, 0.3) is 0 Å². The highest BCUT2D eigenvalue weighted by Gasteiger charge is 2.25. The van der Waals surface area contributed by atoms with Gasteiger partial charge in [-0.3, -0.25) is 14.7 Å². The lowest BCUT2D eigenvalue weighted by molar-refractivity contribution is 0.0118. The van der Waals surface area contributed by atoms with E-state index < -0.39 is 0 Å². The summed E-state index contributed by atoms with van der Waals surface area (Å²) in [6, 6.07) is 3.77. The maximum Gasteiger partial charge on any atom is 0.271 e. The van der Waals surface area contributed by atoms with E-state index in [1.807, 2.05) is 12.1 Å². The Kier molecular flexibility index (Phi) is 4.77. The van der Waals surface area contributed by atoms with Crippen molar-refractivity contribution in [3.8, 4) is 0 Å². The van der Waals surface area contributed by atoms with Crippen LogP contribution in [0.15, 0.2) is 41.4 Å². The van der Waals surface area contributed by atoms with Crippen LogP contribution in [0.2, 0.25) is 0 Å². The van der Waals surface area contributed by atoms with Crippen LogP contribution in [0.3, 0.4) is 0 Å². The van der Waals surface area contributed by atoms with Gasteiger partial charge in [-0.15, -0.1) is 0 Å². The molecule has 0 bridgehead atoms. The molecule has 1 saturated heterocycles. The molecule has 1 fully saturated rings. The van der Waals surface area contributed by atoms with Gasteiger partial charge >= 0.3 is 0 Å². The van der Waals surface area contributed by atoms with Crippen LogP contribution in [0, 0.1) is 0 Å². The van der Waals surface area contributed by atoms with E-state index in [9.17, 15) is 4.79 Å². The number of hydrogen-bond donors (Lipinski definition) is 1. The second kappa shape index (κ2) is 7.15. The fraction of sp³-hybridized carbons (Fsp3) is 0.400. The molecule has 0 aliphatic carbocycles. The number of rotatable bonds is 5. The van der Waals surface area contributed by atoms with Gasteiger partial charge in [-0.05, 0) is 12.1 Å². The Hall–Kier alpha value is -2.25. The van der Waals surface area contributed by atoms with Gasteiger partial charge in [-0.2, -0.15) is 0 Å². The molecule has 0 saturated carbocycles. The van der Waals surface area contributed by atoms with Crippen LogP contribution in [0.5, 0.6) is 0 Å². The van der Waals surface area contributed by atoms with Crippen molar-refractivity contribution < 1.29 is 13.9 Å². The maximum absolute atomic E-state index is 12.1. The van der Waals surface area contributed by atoms with Gasteiger partial charge in [0.05, 0.1) is 31.7 Å². The molecular formula is C15H18N4O3. The number of morpholine rings is 1. The quantitative estimate of drug-likeness (QED) is 0.883. The Morgan fingerprint density at radius 1 is 1.36 bits per heavy atom. The predicted octanol–water partition coefficient (Wildman–Crippen LogP) is 0.873. The number of furan rings is 1. The van der Waals surface area contributed by atoms with E-state index in [1.54, 1.807) is 6.26 Å². The second-order valence-corrected chi connectivity index (χ2v) is 4.98. The minimum Gasteiger partial charge on any atom is -0.468 e. The number of carbonyl (C=O) groups excluding carboxylic acids is 1. The molecule has 3 rings (SSSR count). The SMILES string of the molecule is O=C(NCC(c1ccco1)N1CCOCC1)c1cnccn1. The van der Waals surface area contributed by atoms with Gasteiger partial charge in [0.2, 0.25) is 0 Å². The minimum atomic E-state index is -0.238. The summed E-state index contributed by atoms with van der Waals surface area (Å²) in [5, 5.41) is 2.90. The van der Waals surface area contributed by atoms with Crippen LogP contribution >= 0.6 is 0 Å². The van der Waals surface area contributed by atoms with Gasteiger partial charge in [0.25, 0.3) is 5.91 Å². The molecule has 0 aromatic carbocycles. The van der Waals surface area contributed by atoms with Crippen molar-refractivity contribution in [2.75, 3.05) is 32.8 Å². The fourth-order valence-corrected chi connectivity index (χ4v) is 2.48. The Morgan fingerprint density at radius 3 is 2.91 bits per heavy atom. The number of nitrogens with one attached hydrogen (secondary N) is 1. The summed E-state index contributed by atoms with van der Waals surface area (Å²) in [6.45, 7) is 3.45. The molecule has 1 aliphatic rings. The number of hydrogen-bond acceptors (Lipinski definition) is 6. The first-order valence-electron chi connectivity index (χ1n) is 7.24. The van der Waals surface area contributed by atoms with Crippen LogP contribution in [-0.4, -0.2) is 53.6 Å². The highest BCUT2D eigenvalue weighted by molar-refractivity contribution is 5.91. The molecule has 2 aromatic rings. The van der Waals surface area contributed by atoms with Crippen LogP contribution in [0.4, 0.5) is 0 Å². The topological polar surface area (TPSA) is 80.5 Å². The normalized spacial score (nSPS) is 17.1. The molecule has 2 aromatic heterocycles. The average Bonchev–Trinajstić information content (AvgIpc) is 3.11. The number of amides is 1. The van der Waals surface area contributed by atoms with Crippen molar-refractivity contribution >= 4 is 5.91 Å². The molecule has 1 unspecified atom stereocenters. The second-order valence-electron chi connectivity index (χ2n) is 4.98. The van der Waals surface area contributed by atoms with Crippen molar-refractivity contribution in [3.05, 3.63) is 48.4 Å². The lowest BCUT2D eigenvalue weighted by Gasteiger charge is -2.33. The van der Waals surface area contributed by atoms with Crippen molar-refractivity contribution in [2.24, 2.45) is 0 Å². The Bertz CT molecular complexity index is 582. The third kappa shape index (κ3) is 3.49. The van der Waals surface area contributed by atoms with Crippen molar-refractivity contribution in [1.82, 2.24) is 20.2 Å². The highest BCUT2D eigenvalue weighted by atomic mass is 16.5. The van der Waals surface area contributed by atoms with Gasteiger partial charge in [0.1, 0.15) is 11.5 Å². The molecule has 1 N–H and O–H groups in total. The molecule has 116 valence electrons. The zero-order valence-corrected chi connectivity index (χ0v) is 12.1. The Labute approximate surface area is 128 Å². The zero-order chi connectivity index (χ0) is 15.2. The molecule has 7 nitrogen and oxygen atoms in total. The summed E-state index contributed by atoms with van der Waals surface area (Å²) in [5.74, 6) is 0.597. The fourth-order valence-electron chi connectivity index (χ4n) is 2.48. The average molecular weight is 302 g/mol. The highest BCUT2D eigenvalue weighted by Crippen LogP contribution is 2.21. The van der Waals surface area contributed by atoms with Crippen LogP contribution in [-0.2, 0) is 4.74 Å². The summed E-state index contributed by atoms with van der Waals surface area (Å²) in [5.41, 5.74) is 0.308. The first-order valence-corrected chi connectivity index (χ1v) is 7.24. The number of aromatic nitrogens is 2. The van der Waals surface area contributed by atoms with Gasteiger partial charge < -0.3 is 14.5 Å². The van der Waals surface area contributed by atoms with E-state index in [4.69, 9.17) is 9.15 Å². The number of ether oxygens (including phenoxy) is 1. The molecule has 7 heteroatoms. The van der Waals surface area contributed by atoms with E-state index in [2.05, 4.69) is 20.2 Å². The lowest BCUT2D eigenvalue weighted by Crippen LogP contribution is -2.43. The summed E-state index contributed by atoms with van der Waals surface area (Å²) < 4.78 is 10.9. The molecule has 1 aliphatic heterocycles. The van der Waals surface area contributed by atoms with E-state index in [0.29, 0.717) is 25.5 Å². The predicted molar refractivity (Wildman–Crippen MR) is 78.2 cm³/mol. The van der Waals surface area contributed by atoms with Gasteiger partial charge in [-0.25, -0.2) is 4.98 Å². The monoisotopic (exact) mass is 302 g/mol. The smallest absolute Gasteiger partial charge is 0.271 e. The minimum absolute atomic E-state index is 0.0143. The molecule has 1 amide bonds. The third-order valence-corrected chi connectivity index (χ3v) is 3.61. The van der Waals surface area contributed by atoms with Crippen LogP contribution < -0.4 is 5.32 Å². The molecular weight excluding hydrogens is 284 g/mol. The van der Waals surface area contributed by atoms with E-state index in [-0.39, 0.29) is 11.9 Å². The van der Waals surface area contributed by atoms with Gasteiger partial charge in [0, 0.05) is 32.0 Å². The summed E-state index contributed by atoms with van der Waals surface area (Å²) >= 11 is 0. The number of carbonyl (C=O) groups is 1. The van der Waals surface area contributed by atoms with Gasteiger partial charge in [0.15, 0.2) is 0 Å². The Balaban J connectivity index is 1.66. The third-order valence-electron chi connectivity index (χ3n) is 3.61.